The Morgan fingerprint density at radius 1 is 0.968 bits per heavy atom. The molecule has 150 valence electrons. The fourth-order valence-electron chi connectivity index (χ4n) is 4.07. The Hall–Kier alpha value is -3.15. The van der Waals surface area contributed by atoms with Gasteiger partial charge in [-0.2, -0.15) is 0 Å². The van der Waals surface area contributed by atoms with Crippen LogP contribution in [-0.4, -0.2) is 12.0 Å². The van der Waals surface area contributed by atoms with Gasteiger partial charge < -0.3 is 4.90 Å². The van der Waals surface area contributed by atoms with Gasteiger partial charge in [0, 0.05) is 29.6 Å². The van der Waals surface area contributed by atoms with Gasteiger partial charge in [0.2, 0.25) is 5.52 Å². The molecule has 0 unspecified atom stereocenters. The predicted molar refractivity (Wildman–Crippen MR) is 132 cm³/mol. The maximum atomic E-state index is 4.84. The first kappa shape index (κ1) is 18.6. The highest BCUT2D eigenvalue weighted by Crippen LogP contribution is 2.47. The number of fused-ring (bicyclic) bond motifs is 3. The summed E-state index contributed by atoms with van der Waals surface area (Å²) < 4.78 is 3.40. The van der Waals surface area contributed by atoms with Crippen molar-refractivity contribution in [1.29, 1.82) is 0 Å². The number of benzene rings is 3. The number of thioether (sulfide) groups is 1. The molecule has 0 N–H and O–H groups in total. The van der Waals surface area contributed by atoms with Crippen LogP contribution in [0.5, 0.6) is 0 Å². The van der Waals surface area contributed by atoms with Gasteiger partial charge in [0.05, 0.1) is 26.3 Å². The van der Waals surface area contributed by atoms with Gasteiger partial charge >= 0.3 is 0 Å². The Labute approximate surface area is 189 Å². The van der Waals surface area contributed by atoms with Gasteiger partial charge in [-0.3, -0.25) is 0 Å². The van der Waals surface area contributed by atoms with E-state index in [4.69, 9.17) is 4.98 Å². The molecule has 3 nitrogen and oxygen atoms in total. The lowest BCUT2D eigenvalue weighted by molar-refractivity contribution is -0.644. The number of pyridine rings is 1. The van der Waals surface area contributed by atoms with E-state index in [0.29, 0.717) is 0 Å². The van der Waals surface area contributed by atoms with Crippen LogP contribution < -0.4 is 9.47 Å². The van der Waals surface area contributed by atoms with Gasteiger partial charge in [0.15, 0.2) is 6.20 Å². The zero-order chi connectivity index (χ0) is 20.9. The van der Waals surface area contributed by atoms with E-state index in [0.717, 1.165) is 10.5 Å². The molecule has 0 spiro atoms. The fraction of sp³-hybridized carbons (Fsp3) is 0.0769. The van der Waals surface area contributed by atoms with Crippen molar-refractivity contribution in [2.24, 2.45) is 7.05 Å². The largest absolute Gasteiger partial charge is 0.338 e. The van der Waals surface area contributed by atoms with Gasteiger partial charge in [-0.25, -0.2) is 9.55 Å². The van der Waals surface area contributed by atoms with Crippen molar-refractivity contribution in [2.45, 2.75) is 4.90 Å². The lowest BCUT2D eigenvalue weighted by Crippen LogP contribution is -2.28. The number of aromatic nitrogens is 2. The number of para-hydroxylation sites is 2. The fourth-order valence-corrected chi connectivity index (χ4v) is 6.18. The summed E-state index contributed by atoms with van der Waals surface area (Å²) in [6.07, 6.45) is 4.43. The Bertz CT molecular complexity index is 1470. The van der Waals surface area contributed by atoms with Gasteiger partial charge in [0.25, 0.3) is 0 Å². The van der Waals surface area contributed by atoms with E-state index in [1.165, 1.54) is 42.3 Å². The normalized spacial score (nSPS) is 14.6. The summed E-state index contributed by atoms with van der Waals surface area (Å²) in [5.74, 6) is 0. The molecule has 0 fully saturated rings. The summed E-state index contributed by atoms with van der Waals surface area (Å²) in [6, 6.07) is 25.8. The van der Waals surface area contributed by atoms with Crippen molar-refractivity contribution in [3.63, 3.8) is 0 Å². The van der Waals surface area contributed by atoms with Crippen LogP contribution in [0.1, 0.15) is 5.56 Å². The van der Waals surface area contributed by atoms with Gasteiger partial charge in [0.1, 0.15) is 12.1 Å². The van der Waals surface area contributed by atoms with Crippen LogP contribution in [0.4, 0.5) is 5.69 Å². The van der Waals surface area contributed by atoms with E-state index in [1.54, 1.807) is 11.3 Å². The van der Waals surface area contributed by atoms with E-state index in [9.17, 15) is 0 Å². The van der Waals surface area contributed by atoms with Crippen molar-refractivity contribution in [2.75, 3.05) is 11.9 Å². The van der Waals surface area contributed by atoms with Crippen LogP contribution in [-0.2, 0) is 7.05 Å². The highest BCUT2D eigenvalue weighted by molar-refractivity contribution is 8.03. The third-order valence-corrected chi connectivity index (χ3v) is 7.99. The minimum Gasteiger partial charge on any atom is -0.338 e. The van der Waals surface area contributed by atoms with Crippen LogP contribution in [0.15, 0.2) is 88.9 Å². The highest BCUT2D eigenvalue weighted by atomic mass is 32.2. The van der Waals surface area contributed by atoms with Crippen molar-refractivity contribution in [3.05, 3.63) is 89.6 Å². The molecule has 31 heavy (non-hydrogen) atoms. The Morgan fingerprint density at radius 2 is 1.81 bits per heavy atom. The second kappa shape index (κ2) is 7.22. The van der Waals surface area contributed by atoms with Crippen LogP contribution in [0.3, 0.4) is 0 Å². The maximum Gasteiger partial charge on any atom is 0.212 e. The molecular weight excluding hydrogens is 418 g/mol. The molecule has 2 aromatic heterocycles. The van der Waals surface area contributed by atoms with Crippen molar-refractivity contribution >= 4 is 56.0 Å². The predicted octanol–water partition coefficient (Wildman–Crippen LogP) is 6.48. The molecule has 1 aliphatic heterocycles. The lowest BCUT2D eigenvalue weighted by atomic mass is 10.1. The third kappa shape index (κ3) is 3.12. The smallest absolute Gasteiger partial charge is 0.212 e. The molecule has 5 heteroatoms. The monoisotopic (exact) mass is 438 g/mol. The Balaban J connectivity index is 1.39. The minimum atomic E-state index is 1.07. The summed E-state index contributed by atoms with van der Waals surface area (Å²) in [5, 5.41) is 3.57. The molecule has 0 bridgehead atoms. The molecular formula is C26H20N3S2+. The van der Waals surface area contributed by atoms with Crippen LogP contribution in [0.25, 0.3) is 37.8 Å². The average Bonchev–Trinajstić information content (AvgIpc) is 3.37. The standard InChI is InChI=1S/C26H20N3S2/c1-28-14-13-17(19-7-3-5-9-21(19)28)16-25-29(2)22-12-11-18(15-24(22)30-25)26-27-20-8-4-6-10-23(20)31-26/h3-16H,1-2H3/q+1. The van der Waals surface area contributed by atoms with E-state index in [-0.39, 0.29) is 0 Å². The third-order valence-electron chi connectivity index (χ3n) is 5.76. The zero-order valence-corrected chi connectivity index (χ0v) is 18.9. The first-order chi connectivity index (χ1) is 15.2. The molecule has 6 rings (SSSR count). The highest BCUT2D eigenvalue weighted by Gasteiger charge is 2.23. The van der Waals surface area contributed by atoms with Crippen molar-refractivity contribution in [1.82, 2.24) is 4.98 Å². The number of aryl methyl sites for hydroxylation is 1. The number of hydrogen-bond donors (Lipinski definition) is 0. The summed E-state index contributed by atoms with van der Waals surface area (Å²) in [4.78, 5) is 8.39. The molecule has 0 atom stereocenters. The molecule has 0 saturated heterocycles. The summed E-state index contributed by atoms with van der Waals surface area (Å²) >= 11 is 3.58. The number of nitrogens with zero attached hydrogens (tertiary/aromatic N) is 3. The molecule has 0 aliphatic carbocycles. The molecule has 0 radical (unpaired) electrons. The second-order valence-electron chi connectivity index (χ2n) is 7.71. The van der Waals surface area contributed by atoms with Gasteiger partial charge in [-0.1, -0.05) is 36.0 Å². The number of rotatable bonds is 2. The number of thiazole rings is 1. The maximum absolute atomic E-state index is 4.84. The minimum absolute atomic E-state index is 1.07. The second-order valence-corrected chi connectivity index (χ2v) is 9.80. The average molecular weight is 439 g/mol. The van der Waals surface area contributed by atoms with E-state index in [1.807, 2.05) is 17.8 Å². The molecule has 0 saturated carbocycles. The Morgan fingerprint density at radius 3 is 2.71 bits per heavy atom. The molecule has 1 aliphatic rings. The number of hydrogen-bond acceptors (Lipinski definition) is 4. The first-order valence-corrected chi connectivity index (χ1v) is 11.8. The quantitative estimate of drug-likeness (QED) is 0.294. The van der Waals surface area contributed by atoms with Crippen molar-refractivity contribution < 1.29 is 4.57 Å². The summed E-state index contributed by atoms with van der Waals surface area (Å²) in [5.41, 5.74) is 5.96. The van der Waals surface area contributed by atoms with Crippen LogP contribution in [0, 0.1) is 0 Å². The summed E-state index contributed by atoms with van der Waals surface area (Å²) in [6.45, 7) is 0. The topological polar surface area (TPSA) is 20.0 Å². The Kier molecular flexibility index (Phi) is 4.33. The van der Waals surface area contributed by atoms with Crippen molar-refractivity contribution in [3.8, 4) is 10.6 Å². The lowest BCUT2D eigenvalue weighted by Gasteiger charge is -2.14. The number of anilines is 1. The van der Waals surface area contributed by atoms with E-state index < -0.39 is 0 Å². The van der Waals surface area contributed by atoms with Crippen LogP contribution in [0.2, 0.25) is 0 Å². The molecule has 3 aromatic carbocycles. The SMILES string of the molecule is CN1/C(=C/c2cc[n+](C)c3ccccc23)Sc2cc(-c3nc4ccccc4s3)ccc21. The van der Waals surface area contributed by atoms with Gasteiger partial charge in [-0.05, 0) is 48.0 Å². The van der Waals surface area contributed by atoms with E-state index >= 15 is 0 Å². The molecule has 3 heterocycles. The van der Waals surface area contributed by atoms with Gasteiger partial charge in [-0.15, -0.1) is 11.3 Å². The molecule has 0 amide bonds. The summed E-state index contributed by atoms with van der Waals surface area (Å²) in [7, 11) is 4.24. The molecule has 5 aromatic rings. The van der Waals surface area contributed by atoms with Crippen LogP contribution >= 0.6 is 23.1 Å². The van der Waals surface area contributed by atoms with E-state index in [2.05, 4.69) is 103 Å². The first-order valence-electron chi connectivity index (χ1n) is 10.2. The zero-order valence-electron chi connectivity index (χ0n) is 17.2.